The molecule has 0 fully saturated rings. The van der Waals surface area contributed by atoms with Crippen molar-refractivity contribution in [2.75, 3.05) is 5.32 Å². The third kappa shape index (κ3) is 3.65. The van der Waals surface area contributed by atoms with Crippen LogP contribution in [0.5, 0.6) is 0 Å². The fourth-order valence-corrected chi connectivity index (χ4v) is 1.96. The van der Waals surface area contributed by atoms with E-state index in [0.29, 0.717) is 5.69 Å². The summed E-state index contributed by atoms with van der Waals surface area (Å²) in [6.07, 6.45) is 0.190. The number of amides is 1. The number of halogens is 2. The Bertz CT molecular complexity index is 677. The molecule has 0 radical (unpaired) electrons. The van der Waals surface area contributed by atoms with Crippen molar-refractivity contribution >= 4 is 27.5 Å². The second-order valence-electron chi connectivity index (χ2n) is 4.15. The normalized spacial score (nSPS) is 9.85. The molecule has 1 N–H and O–H groups in total. The van der Waals surface area contributed by atoms with Gasteiger partial charge in [-0.1, -0.05) is 28.1 Å². The number of nitriles is 1. The van der Waals surface area contributed by atoms with Crippen LogP contribution in [0.25, 0.3) is 0 Å². The molecule has 5 heteroatoms. The van der Waals surface area contributed by atoms with Crippen molar-refractivity contribution in [3.05, 3.63) is 63.9 Å². The molecule has 2 aromatic carbocycles. The predicted molar refractivity (Wildman–Crippen MR) is 77.6 cm³/mol. The van der Waals surface area contributed by atoms with Gasteiger partial charge >= 0.3 is 0 Å². The summed E-state index contributed by atoms with van der Waals surface area (Å²) in [6.45, 7) is 0. The Morgan fingerprint density at radius 1 is 1.25 bits per heavy atom. The van der Waals surface area contributed by atoms with Crippen molar-refractivity contribution in [2.24, 2.45) is 0 Å². The van der Waals surface area contributed by atoms with Crippen molar-refractivity contribution in [3.63, 3.8) is 0 Å². The Hall–Kier alpha value is -2.19. The van der Waals surface area contributed by atoms with Crippen molar-refractivity contribution < 1.29 is 9.18 Å². The number of hydrogen-bond donors (Lipinski definition) is 1. The SMILES string of the molecule is N#Cc1cc(F)ccc1NC(=O)Cc1ccc(Br)cc1. The molecule has 0 saturated carbocycles. The van der Waals surface area contributed by atoms with Crippen molar-refractivity contribution in [2.45, 2.75) is 6.42 Å². The highest BCUT2D eigenvalue weighted by atomic mass is 79.9. The first-order valence-corrected chi connectivity index (χ1v) is 6.62. The van der Waals surface area contributed by atoms with E-state index < -0.39 is 5.82 Å². The van der Waals surface area contributed by atoms with Crippen LogP contribution in [0.4, 0.5) is 10.1 Å². The van der Waals surface area contributed by atoms with Gasteiger partial charge in [-0.25, -0.2) is 4.39 Å². The molecule has 0 bridgehead atoms. The van der Waals surface area contributed by atoms with Gasteiger partial charge in [0.15, 0.2) is 0 Å². The Kier molecular flexibility index (Phi) is 4.49. The van der Waals surface area contributed by atoms with Gasteiger partial charge in [0, 0.05) is 4.47 Å². The van der Waals surface area contributed by atoms with Crippen LogP contribution >= 0.6 is 15.9 Å². The molecule has 2 aromatic rings. The number of carbonyl (C=O) groups excluding carboxylic acids is 1. The summed E-state index contributed by atoms with van der Waals surface area (Å²) in [4.78, 5) is 11.9. The average Bonchev–Trinajstić information content (AvgIpc) is 2.43. The van der Waals surface area contributed by atoms with Crippen LogP contribution in [-0.4, -0.2) is 5.91 Å². The molecular formula is C15H10BrFN2O. The van der Waals surface area contributed by atoms with Gasteiger partial charge in [0.2, 0.25) is 5.91 Å². The first-order valence-electron chi connectivity index (χ1n) is 5.82. The van der Waals surface area contributed by atoms with Gasteiger partial charge in [0.1, 0.15) is 11.9 Å². The fraction of sp³-hybridized carbons (Fsp3) is 0.0667. The lowest BCUT2D eigenvalue weighted by Gasteiger charge is -2.07. The summed E-state index contributed by atoms with van der Waals surface area (Å²) in [7, 11) is 0. The smallest absolute Gasteiger partial charge is 0.228 e. The minimum absolute atomic E-state index is 0.106. The van der Waals surface area contributed by atoms with E-state index in [0.717, 1.165) is 16.1 Å². The molecule has 0 aliphatic rings. The van der Waals surface area contributed by atoms with E-state index in [9.17, 15) is 9.18 Å². The highest BCUT2D eigenvalue weighted by molar-refractivity contribution is 9.10. The average molecular weight is 333 g/mol. The molecule has 3 nitrogen and oxygen atoms in total. The quantitative estimate of drug-likeness (QED) is 0.932. The maximum Gasteiger partial charge on any atom is 0.228 e. The molecule has 0 aliphatic carbocycles. The Morgan fingerprint density at radius 2 is 1.95 bits per heavy atom. The monoisotopic (exact) mass is 332 g/mol. The molecule has 0 heterocycles. The first-order chi connectivity index (χ1) is 9.58. The van der Waals surface area contributed by atoms with Crippen LogP contribution in [0.15, 0.2) is 46.9 Å². The fourth-order valence-electron chi connectivity index (χ4n) is 1.70. The van der Waals surface area contributed by atoms with Crippen LogP contribution in [-0.2, 0) is 11.2 Å². The van der Waals surface area contributed by atoms with E-state index >= 15 is 0 Å². The molecule has 100 valence electrons. The lowest BCUT2D eigenvalue weighted by atomic mass is 10.1. The zero-order valence-corrected chi connectivity index (χ0v) is 11.9. The molecule has 2 rings (SSSR count). The number of hydrogen-bond acceptors (Lipinski definition) is 2. The molecular weight excluding hydrogens is 323 g/mol. The summed E-state index contributed by atoms with van der Waals surface area (Å²) in [5.74, 6) is -0.761. The van der Waals surface area contributed by atoms with E-state index in [1.54, 1.807) is 0 Å². The first kappa shape index (κ1) is 14.2. The van der Waals surface area contributed by atoms with E-state index in [2.05, 4.69) is 21.2 Å². The molecule has 1 amide bonds. The maximum atomic E-state index is 13.0. The number of anilines is 1. The van der Waals surface area contributed by atoms with E-state index in [1.807, 2.05) is 30.3 Å². The minimum Gasteiger partial charge on any atom is -0.325 e. The molecule has 0 aliphatic heterocycles. The maximum absolute atomic E-state index is 13.0. The highest BCUT2D eigenvalue weighted by Gasteiger charge is 2.08. The van der Waals surface area contributed by atoms with Crippen molar-refractivity contribution in [1.29, 1.82) is 5.26 Å². The van der Waals surface area contributed by atoms with Crippen LogP contribution in [0.2, 0.25) is 0 Å². The Balaban J connectivity index is 2.09. The number of nitrogens with zero attached hydrogens (tertiary/aromatic N) is 1. The van der Waals surface area contributed by atoms with Crippen LogP contribution < -0.4 is 5.32 Å². The Labute approximate surface area is 124 Å². The zero-order valence-electron chi connectivity index (χ0n) is 10.4. The molecule has 0 spiro atoms. The van der Waals surface area contributed by atoms with Gasteiger partial charge < -0.3 is 5.32 Å². The largest absolute Gasteiger partial charge is 0.325 e. The topological polar surface area (TPSA) is 52.9 Å². The van der Waals surface area contributed by atoms with E-state index in [4.69, 9.17) is 5.26 Å². The Morgan fingerprint density at radius 3 is 2.60 bits per heavy atom. The summed E-state index contributed by atoms with van der Waals surface area (Å²) in [5, 5.41) is 11.5. The predicted octanol–water partition coefficient (Wildman–Crippen LogP) is 3.64. The van der Waals surface area contributed by atoms with Gasteiger partial charge in [-0.15, -0.1) is 0 Å². The minimum atomic E-state index is -0.507. The number of carbonyl (C=O) groups is 1. The zero-order chi connectivity index (χ0) is 14.5. The molecule has 0 atom stereocenters. The second-order valence-corrected chi connectivity index (χ2v) is 5.07. The standard InChI is InChI=1S/C15H10BrFN2O/c16-12-3-1-10(2-4-12)7-15(20)19-14-6-5-13(17)8-11(14)9-18/h1-6,8H,7H2,(H,19,20). The molecule has 20 heavy (non-hydrogen) atoms. The molecule has 0 unspecified atom stereocenters. The number of benzene rings is 2. The van der Waals surface area contributed by atoms with Crippen LogP contribution in [0.3, 0.4) is 0 Å². The van der Waals surface area contributed by atoms with Crippen molar-refractivity contribution in [1.82, 2.24) is 0 Å². The number of rotatable bonds is 3. The van der Waals surface area contributed by atoms with E-state index in [1.165, 1.54) is 12.1 Å². The summed E-state index contributed by atoms with van der Waals surface area (Å²) < 4.78 is 13.9. The van der Waals surface area contributed by atoms with E-state index in [-0.39, 0.29) is 17.9 Å². The van der Waals surface area contributed by atoms with Gasteiger partial charge in [-0.05, 0) is 35.9 Å². The van der Waals surface area contributed by atoms with Gasteiger partial charge in [-0.2, -0.15) is 5.26 Å². The van der Waals surface area contributed by atoms with Crippen LogP contribution in [0.1, 0.15) is 11.1 Å². The van der Waals surface area contributed by atoms with Gasteiger partial charge in [0.05, 0.1) is 17.7 Å². The third-order valence-electron chi connectivity index (χ3n) is 2.65. The third-order valence-corrected chi connectivity index (χ3v) is 3.18. The lowest BCUT2D eigenvalue weighted by molar-refractivity contribution is -0.115. The summed E-state index contributed by atoms with van der Waals surface area (Å²) in [5.41, 5.74) is 1.27. The van der Waals surface area contributed by atoms with Gasteiger partial charge in [-0.3, -0.25) is 4.79 Å². The van der Waals surface area contributed by atoms with Crippen LogP contribution in [0, 0.1) is 17.1 Å². The van der Waals surface area contributed by atoms with Gasteiger partial charge in [0.25, 0.3) is 0 Å². The molecule has 0 saturated heterocycles. The summed E-state index contributed by atoms with van der Waals surface area (Å²) >= 11 is 3.32. The highest BCUT2D eigenvalue weighted by Crippen LogP contribution is 2.17. The van der Waals surface area contributed by atoms with Crippen molar-refractivity contribution in [3.8, 4) is 6.07 Å². The summed E-state index contributed by atoms with van der Waals surface area (Å²) in [6, 6.07) is 12.9. The number of nitrogens with one attached hydrogen (secondary N) is 1. The molecule has 0 aromatic heterocycles. The second kappa shape index (κ2) is 6.31. The lowest BCUT2D eigenvalue weighted by Crippen LogP contribution is -2.15.